The molecule has 0 fully saturated rings. The highest BCUT2D eigenvalue weighted by atomic mass is 16.5. The Labute approximate surface area is 145 Å². The fourth-order valence-corrected chi connectivity index (χ4v) is 2.91. The Balaban J connectivity index is 1.98. The Hall–Kier alpha value is -2.29. The van der Waals surface area contributed by atoms with Gasteiger partial charge in [0.15, 0.2) is 6.61 Å². The molecule has 2 aromatic rings. The number of hydrogen-bond donors (Lipinski definition) is 1. The second-order valence-corrected chi connectivity index (χ2v) is 6.64. The zero-order chi connectivity index (χ0) is 17.9. The predicted molar refractivity (Wildman–Crippen MR) is 98.6 cm³/mol. The van der Waals surface area contributed by atoms with Gasteiger partial charge in [-0.25, -0.2) is 0 Å². The quantitative estimate of drug-likeness (QED) is 0.880. The summed E-state index contributed by atoms with van der Waals surface area (Å²) >= 11 is 0. The van der Waals surface area contributed by atoms with E-state index < -0.39 is 0 Å². The molecule has 3 heteroatoms. The summed E-state index contributed by atoms with van der Waals surface area (Å²) in [5.41, 5.74) is 7.08. The number of amides is 1. The number of ether oxygens (including phenoxy) is 1. The molecule has 0 bridgehead atoms. The lowest BCUT2D eigenvalue weighted by atomic mass is 9.96. The molecule has 0 aliphatic carbocycles. The highest BCUT2D eigenvalue weighted by molar-refractivity contribution is 5.78. The molecular weight excluding hydrogens is 298 g/mol. The van der Waals surface area contributed by atoms with Gasteiger partial charge in [0, 0.05) is 0 Å². The molecule has 0 heterocycles. The third-order valence-electron chi connectivity index (χ3n) is 4.42. The molecule has 0 aliphatic heterocycles. The number of benzene rings is 2. The van der Waals surface area contributed by atoms with Crippen molar-refractivity contribution in [1.29, 1.82) is 0 Å². The van der Waals surface area contributed by atoms with Crippen LogP contribution in [-0.2, 0) is 4.79 Å². The first-order valence-corrected chi connectivity index (χ1v) is 8.35. The second kappa shape index (κ2) is 7.52. The maximum absolute atomic E-state index is 12.2. The van der Waals surface area contributed by atoms with Gasteiger partial charge in [-0.3, -0.25) is 4.79 Å². The van der Waals surface area contributed by atoms with E-state index in [0.717, 1.165) is 16.9 Å². The van der Waals surface area contributed by atoms with Gasteiger partial charge in [0.2, 0.25) is 0 Å². The lowest BCUT2D eigenvalue weighted by Gasteiger charge is -2.19. The Morgan fingerprint density at radius 3 is 2.29 bits per heavy atom. The van der Waals surface area contributed by atoms with Crippen LogP contribution in [0.15, 0.2) is 30.3 Å². The van der Waals surface area contributed by atoms with Crippen molar-refractivity contribution in [3.8, 4) is 5.75 Å². The fourth-order valence-electron chi connectivity index (χ4n) is 2.91. The fraction of sp³-hybridized carbons (Fsp3) is 0.381. The first-order chi connectivity index (χ1) is 11.3. The highest BCUT2D eigenvalue weighted by Crippen LogP contribution is 2.22. The molecule has 3 nitrogen and oxygen atoms in total. The maximum Gasteiger partial charge on any atom is 0.258 e. The molecule has 2 rings (SSSR count). The molecule has 0 radical (unpaired) electrons. The van der Waals surface area contributed by atoms with Crippen LogP contribution in [0.2, 0.25) is 0 Å². The van der Waals surface area contributed by atoms with E-state index in [1.165, 1.54) is 22.3 Å². The highest BCUT2D eigenvalue weighted by Gasteiger charge is 2.13. The van der Waals surface area contributed by atoms with Gasteiger partial charge in [-0.05, 0) is 75.4 Å². The van der Waals surface area contributed by atoms with Crippen molar-refractivity contribution in [3.63, 3.8) is 0 Å². The molecule has 1 atom stereocenters. The summed E-state index contributed by atoms with van der Waals surface area (Å²) in [6.07, 6.45) is 0. The van der Waals surface area contributed by atoms with E-state index in [1.54, 1.807) is 0 Å². The van der Waals surface area contributed by atoms with Gasteiger partial charge in [-0.15, -0.1) is 0 Å². The summed E-state index contributed by atoms with van der Waals surface area (Å²) in [4.78, 5) is 12.2. The number of nitrogens with one attached hydrogen (secondary N) is 1. The van der Waals surface area contributed by atoms with E-state index >= 15 is 0 Å². The van der Waals surface area contributed by atoms with E-state index in [9.17, 15) is 4.79 Å². The summed E-state index contributed by atoms with van der Waals surface area (Å²) in [7, 11) is 0. The molecule has 128 valence electrons. The largest absolute Gasteiger partial charge is 0.484 e. The van der Waals surface area contributed by atoms with Crippen molar-refractivity contribution in [1.82, 2.24) is 5.32 Å². The van der Waals surface area contributed by atoms with Crippen molar-refractivity contribution in [2.75, 3.05) is 6.61 Å². The first-order valence-electron chi connectivity index (χ1n) is 8.35. The molecule has 1 N–H and O–H groups in total. The van der Waals surface area contributed by atoms with Crippen molar-refractivity contribution in [2.24, 2.45) is 0 Å². The van der Waals surface area contributed by atoms with Crippen LogP contribution in [0, 0.1) is 34.6 Å². The van der Waals surface area contributed by atoms with Crippen molar-refractivity contribution in [2.45, 2.75) is 47.6 Å². The van der Waals surface area contributed by atoms with Gasteiger partial charge in [0.1, 0.15) is 5.75 Å². The molecule has 0 saturated heterocycles. The Bertz CT molecular complexity index is 750. The third-order valence-corrected chi connectivity index (χ3v) is 4.42. The van der Waals surface area contributed by atoms with Crippen LogP contribution in [0.1, 0.15) is 46.3 Å². The monoisotopic (exact) mass is 325 g/mol. The SMILES string of the molecule is Cc1ccc(OCC(=O)N[C@@H](C)c2cc(C)c(C)cc2C)c(C)c1. The van der Waals surface area contributed by atoms with Gasteiger partial charge >= 0.3 is 0 Å². The Morgan fingerprint density at radius 2 is 1.62 bits per heavy atom. The molecule has 0 saturated carbocycles. The third kappa shape index (κ3) is 4.38. The molecule has 0 aromatic heterocycles. The number of carbonyl (C=O) groups is 1. The van der Waals surface area contributed by atoms with Crippen LogP contribution in [0.3, 0.4) is 0 Å². The summed E-state index contributed by atoms with van der Waals surface area (Å²) in [6.45, 7) is 12.3. The minimum Gasteiger partial charge on any atom is -0.484 e. The van der Waals surface area contributed by atoms with E-state index in [4.69, 9.17) is 4.74 Å². The standard InChI is InChI=1S/C21H27NO2/c1-13-7-8-20(17(5)9-13)24-12-21(23)22-18(6)19-11-15(3)14(2)10-16(19)4/h7-11,18H,12H2,1-6H3,(H,22,23)/t18-/m0/s1. The Kier molecular flexibility index (Phi) is 5.66. The lowest BCUT2D eigenvalue weighted by Crippen LogP contribution is -2.31. The second-order valence-electron chi connectivity index (χ2n) is 6.64. The lowest BCUT2D eigenvalue weighted by molar-refractivity contribution is -0.123. The average Bonchev–Trinajstić information content (AvgIpc) is 2.50. The summed E-state index contributed by atoms with van der Waals surface area (Å²) in [6, 6.07) is 10.2. The van der Waals surface area contributed by atoms with Crippen molar-refractivity contribution < 1.29 is 9.53 Å². The van der Waals surface area contributed by atoms with E-state index in [0.29, 0.717) is 0 Å². The van der Waals surface area contributed by atoms with Gasteiger partial charge in [-0.1, -0.05) is 29.8 Å². The molecule has 0 unspecified atom stereocenters. The van der Waals surface area contributed by atoms with Crippen LogP contribution in [-0.4, -0.2) is 12.5 Å². The predicted octanol–water partition coefficient (Wildman–Crippen LogP) is 4.48. The number of aryl methyl sites for hydroxylation is 5. The van der Waals surface area contributed by atoms with Crippen molar-refractivity contribution in [3.05, 3.63) is 63.7 Å². The molecule has 24 heavy (non-hydrogen) atoms. The summed E-state index contributed by atoms with van der Waals surface area (Å²) in [5.74, 6) is 0.644. The van der Waals surface area contributed by atoms with E-state index in [2.05, 4.69) is 38.2 Å². The zero-order valence-corrected chi connectivity index (χ0v) is 15.5. The minimum atomic E-state index is -0.111. The van der Waals surface area contributed by atoms with Crippen LogP contribution < -0.4 is 10.1 Å². The molecule has 2 aromatic carbocycles. The molecular formula is C21H27NO2. The summed E-state index contributed by atoms with van der Waals surface area (Å²) in [5, 5.41) is 3.02. The topological polar surface area (TPSA) is 38.3 Å². The zero-order valence-electron chi connectivity index (χ0n) is 15.5. The molecule has 0 spiro atoms. The Morgan fingerprint density at radius 1 is 0.958 bits per heavy atom. The van der Waals surface area contributed by atoms with E-state index in [1.807, 2.05) is 39.0 Å². The van der Waals surface area contributed by atoms with Crippen LogP contribution in [0.25, 0.3) is 0 Å². The van der Waals surface area contributed by atoms with Crippen LogP contribution in [0.5, 0.6) is 5.75 Å². The minimum absolute atomic E-state index is 0.0259. The summed E-state index contributed by atoms with van der Waals surface area (Å²) < 4.78 is 5.65. The van der Waals surface area contributed by atoms with Gasteiger partial charge in [0.25, 0.3) is 5.91 Å². The van der Waals surface area contributed by atoms with Gasteiger partial charge in [-0.2, -0.15) is 0 Å². The number of hydrogen-bond acceptors (Lipinski definition) is 2. The van der Waals surface area contributed by atoms with Crippen LogP contribution >= 0.6 is 0 Å². The van der Waals surface area contributed by atoms with Crippen LogP contribution in [0.4, 0.5) is 0 Å². The molecule has 1 amide bonds. The van der Waals surface area contributed by atoms with Crippen molar-refractivity contribution >= 4 is 5.91 Å². The first kappa shape index (κ1) is 18.1. The average molecular weight is 325 g/mol. The van der Waals surface area contributed by atoms with Gasteiger partial charge in [0.05, 0.1) is 6.04 Å². The number of rotatable bonds is 5. The van der Waals surface area contributed by atoms with Gasteiger partial charge < -0.3 is 10.1 Å². The number of carbonyl (C=O) groups excluding carboxylic acids is 1. The normalized spacial score (nSPS) is 11.9. The maximum atomic E-state index is 12.2. The smallest absolute Gasteiger partial charge is 0.258 e. The molecule has 0 aliphatic rings. The van der Waals surface area contributed by atoms with E-state index in [-0.39, 0.29) is 18.6 Å².